The zero-order valence-electron chi connectivity index (χ0n) is 10.7. The molecule has 0 aliphatic heterocycles. The van der Waals surface area contributed by atoms with Crippen molar-refractivity contribution >= 4 is 12.2 Å². The van der Waals surface area contributed by atoms with Crippen LogP contribution in [0.2, 0.25) is 0 Å². The summed E-state index contributed by atoms with van der Waals surface area (Å²) in [7, 11) is 0. The van der Waals surface area contributed by atoms with Gasteiger partial charge in [-0.25, -0.2) is 0 Å². The predicted molar refractivity (Wildman–Crippen MR) is 74.4 cm³/mol. The van der Waals surface area contributed by atoms with Crippen LogP contribution in [0, 0.1) is 11.7 Å². The average Bonchev–Trinajstić information content (AvgIpc) is 2.60. The van der Waals surface area contributed by atoms with Gasteiger partial charge in [0.25, 0.3) is 0 Å². The molecular formula is C14H18N2S. The molecule has 2 nitrogen and oxygen atoms in total. The molecule has 1 heterocycles. The maximum absolute atomic E-state index is 5.39. The van der Waals surface area contributed by atoms with Crippen LogP contribution in [0.3, 0.4) is 0 Å². The van der Waals surface area contributed by atoms with Crippen LogP contribution in [0.25, 0.3) is 5.69 Å². The van der Waals surface area contributed by atoms with Crippen molar-refractivity contribution in [2.45, 2.75) is 33.1 Å². The van der Waals surface area contributed by atoms with Gasteiger partial charge < -0.3 is 4.98 Å². The molecule has 0 fully saturated rings. The number of H-pyrrole nitrogens is 1. The molecule has 1 aromatic heterocycles. The summed E-state index contributed by atoms with van der Waals surface area (Å²) >= 11 is 5.39. The molecule has 0 spiro atoms. The minimum atomic E-state index is 0.0653. The van der Waals surface area contributed by atoms with E-state index in [2.05, 4.69) is 49.4 Å². The summed E-state index contributed by atoms with van der Waals surface area (Å²) in [4.78, 5) is 3.15. The summed E-state index contributed by atoms with van der Waals surface area (Å²) in [6.07, 6.45) is 2.01. The number of benzene rings is 1. The Labute approximate surface area is 107 Å². The van der Waals surface area contributed by atoms with Crippen LogP contribution in [0.15, 0.2) is 30.5 Å². The molecule has 90 valence electrons. The Morgan fingerprint density at radius 3 is 2.41 bits per heavy atom. The molecule has 2 aromatic rings. The van der Waals surface area contributed by atoms with Crippen molar-refractivity contribution in [1.82, 2.24) is 9.55 Å². The second-order valence-electron chi connectivity index (χ2n) is 5.35. The second kappa shape index (κ2) is 4.15. The van der Waals surface area contributed by atoms with Gasteiger partial charge in [-0.2, -0.15) is 0 Å². The quantitative estimate of drug-likeness (QED) is 0.750. The fourth-order valence-electron chi connectivity index (χ4n) is 1.97. The minimum absolute atomic E-state index is 0.0653. The Morgan fingerprint density at radius 2 is 1.82 bits per heavy atom. The molecule has 1 N–H and O–H groups in total. The maximum atomic E-state index is 5.39. The third-order valence-electron chi connectivity index (χ3n) is 2.90. The smallest absolute Gasteiger partial charge is 0.182 e. The van der Waals surface area contributed by atoms with E-state index in [0.29, 0.717) is 0 Å². The molecule has 2 rings (SSSR count). The number of rotatable bonds is 1. The molecule has 0 aliphatic carbocycles. The number of aromatic amines is 1. The predicted octanol–water partition coefficient (Wildman–Crippen LogP) is 4.14. The monoisotopic (exact) mass is 246 g/mol. The highest BCUT2D eigenvalue weighted by molar-refractivity contribution is 7.71. The fourth-order valence-corrected chi connectivity index (χ4v) is 2.23. The van der Waals surface area contributed by atoms with E-state index in [1.165, 1.54) is 11.3 Å². The van der Waals surface area contributed by atoms with Crippen molar-refractivity contribution in [3.05, 3.63) is 46.5 Å². The number of hydrogen-bond donors (Lipinski definition) is 1. The van der Waals surface area contributed by atoms with Crippen molar-refractivity contribution in [3.8, 4) is 5.69 Å². The summed E-state index contributed by atoms with van der Waals surface area (Å²) in [5.41, 5.74) is 3.66. The van der Waals surface area contributed by atoms with E-state index in [0.717, 1.165) is 10.5 Å². The third kappa shape index (κ3) is 2.20. The van der Waals surface area contributed by atoms with E-state index in [1.807, 2.05) is 18.3 Å². The minimum Gasteiger partial charge on any atom is -0.337 e. The molecule has 0 bridgehead atoms. The first kappa shape index (κ1) is 12.1. The molecular weight excluding hydrogens is 228 g/mol. The van der Waals surface area contributed by atoms with Gasteiger partial charge in [-0.15, -0.1) is 0 Å². The van der Waals surface area contributed by atoms with E-state index in [1.54, 1.807) is 0 Å². The maximum Gasteiger partial charge on any atom is 0.182 e. The lowest BCUT2D eigenvalue weighted by molar-refractivity contribution is 0.555. The van der Waals surface area contributed by atoms with E-state index < -0.39 is 0 Å². The summed E-state index contributed by atoms with van der Waals surface area (Å²) in [6.45, 7) is 8.69. The Hall–Kier alpha value is -1.35. The van der Waals surface area contributed by atoms with Crippen LogP contribution in [0.1, 0.15) is 32.0 Å². The molecule has 0 unspecified atom stereocenters. The van der Waals surface area contributed by atoms with E-state index in [4.69, 9.17) is 12.2 Å². The SMILES string of the molecule is Cc1ccccc1-n1c(C(C)(C)C)c[nH]c1=S. The molecule has 0 amide bonds. The van der Waals surface area contributed by atoms with Gasteiger partial charge in [0.1, 0.15) is 0 Å². The number of imidazole rings is 1. The summed E-state index contributed by atoms with van der Waals surface area (Å²) in [5.74, 6) is 0. The first-order valence-electron chi connectivity index (χ1n) is 5.78. The lowest BCUT2D eigenvalue weighted by Gasteiger charge is -2.21. The van der Waals surface area contributed by atoms with E-state index in [-0.39, 0.29) is 5.41 Å². The Kier molecular flexibility index (Phi) is 2.96. The number of nitrogens with zero attached hydrogens (tertiary/aromatic N) is 1. The van der Waals surface area contributed by atoms with Crippen molar-refractivity contribution < 1.29 is 0 Å². The van der Waals surface area contributed by atoms with Crippen molar-refractivity contribution in [1.29, 1.82) is 0 Å². The summed E-state index contributed by atoms with van der Waals surface area (Å²) in [6, 6.07) is 8.31. The van der Waals surface area contributed by atoms with Crippen LogP contribution >= 0.6 is 12.2 Å². The molecule has 0 atom stereocenters. The first-order chi connectivity index (χ1) is 7.91. The number of nitrogens with one attached hydrogen (secondary N) is 1. The highest BCUT2D eigenvalue weighted by atomic mass is 32.1. The molecule has 0 radical (unpaired) electrons. The lowest BCUT2D eigenvalue weighted by atomic mass is 9.92. The topological polar surface area (TPSA) is 20.7 Å². The average molecular weight is 246 g/mol. The van der Waals surface area contributed by atoms with Gasteiger partial charge in [0.2, 0.25) is 0 Å². The molecule has 0 saturated heterocycles. The molecule has 1 aromatic carbocycles. The number of aromatic nitrogens is 2. The highest BCUT2D eigenvalue weighted by Gasteiger charge is 2.20. The fraction of sp³-hybridized carbons (Fsp3) is 0.357. The lowest BCUT2D eigenvalue weighted by Crippen LogP contribution is -2.17. The number of aryl methyl sites for hydroxylation is 1. The standard InChI is InChI=1S/C14H18N2S/c1-10-7-5-6-8-11(10)16-12(14(2,3)4)9-15-13(16)17/h5-9H,1-4H3,(H,15,17). The van der Waals surface area contributed by atoms with Crippen LogP contribution in [0.5, 0.6) is 0 Å². The number of hydrogen-bond acceptors (Lipinski definition) is 1. The van der Waals surface area contributed by atoms with Gasteiger partial charge in [0, 0.05) is 17.3 Å². The molecule has 3 heteroatoms. The molecule has 17 heavy (non-hydrogen) atoms. The Morgan fingerprint density at radius 1 is 1.18 bits per heavy atom. The van der Waals surface area contributed by atoms with Gasteiger partial charge in [-0.3, -0.25) is 4.57 Å². The molecule has 0 saturated carbocycles. The van der Waals surface area contributed by atoms with Crippen LogP contribution in [-0.4, -0.2) is 9.55 Å². The van der Waals surface area contributed by atoms with Crippen molar-refractivity contribution in [2.75, 3.05) is 0 Å². The van der Waals surface area contributed by atoms with Crippen molar-refractivity contribution in [2.24, 2.45) is 0 Å². The summed E-state index contributed by atoms with van der Waals surface area (Å²) in [5, 5.41) is 0. The summed E-state index contributed by atoms with van der Waals surface area (Å²) < 4.78 is 2.88. The van der Waals surface area contributed by atoms with Crippen molar-refractivity contribution in [3.63, 3.8) is 0 Å². The van der Waals surface area contributed by atoms with Gasteiger partial charge >= 0.3 is 0 Å². The van der Waals surface area contributed by atoms with Crippen LogP contribution < -0.4 is 0 Å². The normalized spacial score (nSPS) is 11.8. The highest BCUT2D eigenvalue weighted by Crippen LogP contribution is 2.26. The van der Waals surface area contributed by atoms with Gasteiger partial charge in [0.05, 0.1) is 5.69 Å². The van der Waals surface area contributed by atoms with Gasteiger partial charge in [0.15, 0.2) is 4.77 Å². The first-order valence-corrected chi connectivity index (χ1v) is 6.19. The van der Waals surface area contributed by atoms with Crippen LogP contribution in [-0.2, 0) is 5.41 Å². The molecule has 0 aliphatic rings. The van der Waals surface area contributed by atoms with E-state index >= 15 is 0 Å². The number of para-hydroxylation sites is 1. The van der Waals surface area contributed by atoms with Gasteiger partial charge in [-0.1, -0.05) is 39.0 Å². The Bertz CT molecular complexity index is 585. The van der Waals surface area contributed by atoms with Crippen LogP contribution in [0.4, 0.5) is 0 Å². The third-order valence-corrected chi connectivity index (χ3v) is 3.20. The zero-order chi connectivity index (χ0) is 12.6. The van der Waals surface area contributed by atoms with Gasteiger partial charge in [-0.05, 0) is 30.8 Å². The Balaban J connectivity index is 2.73. The largest absolute Gasteiger partial charge is 0.337 e. The zero-order valence-corrected chi connectivity index (χ0v) is 11.6. The second-order valence-corrected chi connectivity index (χ2v) is 5.74. The van der Waals surface area contributed by atoms with E-state index in [9.17, 15) is 0 Å².